The van der Waals surface area contributed by atoms with Gasteiger partial charge in [0.1, 0.15) is 5.82 Å². The molecule has 0 aliphatic carbocycles. The summed E-state index contributed by atoms with van der Waals surface area (Å²) in [5.41, 5.74) is 5.94. The predicted molar refractivity (Wildman–Crippen MR) is 80.8 cm³/mol. The van der Waals surface area contributed by atoms with Crippen molar-refractivity contribution in [1.29, 1.82) is 0 Å². The second-order valence-corrected chi connectivity index (χ2v) is 6.65. The Bertz CT molecular complexity index is 699. The summed E-state index contributed by atoms with van der Waals surface area (Å²) >= 11 is 2.01. The van der Waals surface area contributed by atoms with Crippen LogP contribution >= 0.6 is 22.6 Å². The maximum absolute atomic E-state index is 13.2. The Morgan fingerprint density at radius 2 is 1.84 bits per heavy atom. The van der Waals surface area contributed by atoms with Gasteiger partial charge in [0.15, 0.2) is 0 Å². The van der Waals surface area contributed by atoms with Gasteiger partial charge < -0.3 is 5.73 Å². The van der Waals surface area contributed by atoms with E-state index in [-0.39, 0.29) is 10.6 Å². The Balaban J connectivity index is 2.41. The molecule has 3 N–H and O–H groups in total. The molecule has 0 bridgehead atoms. The van der Waals surface area contributed by atoms with Crippen molar-refractivity contribution in [2.75, 3.05) is 10.5 Å². The molecule has 0 saturated heterocycles. The molecule has 0 aliphatic heterocycles. The maximum Gasteiger partial charge on any atom is 0.262 e. The average molecular weight is 392 g/mol. The van der Waals surface area contributed by atoms with Crippen LogP contribution in [0.25, 0.3) is 0 Å². The lowest BCUT2D eigenvalue weighted by molar-refractivity contribution is 0.595. The highest BCUT2D eigenvalue weighted by atomic mass is 127. The van der Waals surface area contributed by atoms with E-state index in [4.69, 9.17) is 5.73 Å². The van der Waals surface area contributed by atoms with Gasteiger partial charge >= 0.3 is 0 Å². The first-order valence-corrected chi connectivity index (χ1v) is 7.78. The molecule has 0 atom stereocenters. The number of benzene rings is 2. The van der Waals surface area contributed by atoms with E-state index in [9.17, 15) is 12.8 Å². The molecule has 2 aromatic carbocycles. The van der Waals surface area contributed by atoms with Crippen LogP contribution in [0.2, 0.25) is 0 Å². The Kier molecular flexibility index (Phi) is 3.95. The number of sulfonamides is 1. The van der Waals surface area contributed by atoms with Crippen LogP contribution < -0.4 is 10.5 Å². The zero-order chi connectivity index (χ0) is 14.0. The lowest BCUT2D eigenvalue weighted by atomic mass is 10.3. The first-order chi connectivity index (χ1) is 8.88. The summed E-state index contributed by atoms with van der Waals surface area (Å²) in [6.07, 6.45) is 0. The fourth-order valence-electron chi connectivity index (χ4n) is 1.49. The number of rotatable bonds is 3. The van der Waals surface area contributed by atoms with Crippen molar-refractivity contribution in [2.24, 2.45) is 0 Å². The van der Waals surface area contributed by atoms with E-state index in [2.05, 4.69) is 4.72 Å². The molecule has 0 aromatic heterocycles. The van der Waals surface area contributed by atoms with Crippen molar-refractivity contribution in [3.05, 3.63) is 51.9 Å². The molecular weight excluding hydrogens is 382 g/mol. The van der Waals surface area contributed by atoms with Gasteiger partial charge in [-0.15, -0.1) is 0 Å². The third-order valence-electron chi connectivity index (χ3n) is 2.32. The zero-order valence-electron chi connectivity index (χ0n) is 9.60. The van der Waals surface area contributed by atoms with Crippen molar-refractivity contribution in [1.82, 2.24) is 0 Å². The quantitative estimate of drug-likeness (QED) is 0.624. The van der Waals surface area contributed by atoms with E-state index < -0.39 is 15.8 Å². The summed E-state index contributed by atoms with van der Waals surface area (Å²) in [5.74, 6) is -0.692. The van der Waals surface area contributed by atoms with Gasteiger partial charge in [0, 0.05) is 9.26 Å². The highest BCUT2D eigenvalue weighted by Crippen LogP contribution is 2.23. The number of anilines is 2. The highest BCUT2D eigenvalue weighted by molar-refractivity contribution is 14.1. The van der Waals surface area contributed by atoms with Crippen LogP contribution in [0.15, 0.2) is 47.4 Å². The van der Waals surface area contributed by atoms with Crippen LogP contribution in [0.4, 0.5) is 15.8 Å². The molecule has 0 spiro atoms. The van der Waals surface area contributed by atoms with Crippen LogP contribution in [-0.2, 0) is 10.0 Å². The lowest BCUT2D eigenvalue weighted by Crippen LogP contribution is -2.14. The summed E-state index contributed by atoms with van der Waals surface area (Å²) in [5, 5.41) is 0. The number of nitrogen functional groups attached to an aromatic ring is 1. The molecule has 0 heterocycles. The monoisotopic (exact) mass is 392 g/mol. The molecule has 0 aliphatic rings. The average Bonchev–Trinajstić information content (AvgIpc) is 2.31. The molecular formula is C12H10FIN2O2S. The van der Waals surface area contributed by atoms with Gasteiger partial charge in [-0.05, 0) is 52.9 Å². The minimum absolute atomic E-state index is 0.0585. The minimum Gasteiger partial charge on any atom is -0.399 e. The molecule has 2 aromatic rings. The fraction of sp³-hybridized carbons (Fsp3) is 0. The van der Waals surface area contributed by atoms with Crippen LogP contribution in [0.5, 0.6) is 0 Å². The van der Waals surface area contributed by atoms with Crippen LogP contribution in [0.1, 0.15) is 0 Å². The number of para-hydroxylation sites is 1. The molecule has 0 saturated carbocycles. The van der Waals surface area contributed by atoms with E-state index in [1.165, 1.54) is 6.07 Å². The second kappa shape index (κ2) is 5.33. The molecule has 4 nitrogen and oxygen atoms in total. The summed E-state index contributed by atoms with van der Waals surface area (Å²) in [6.45, 7) is 0. The molecule has 100 valence electrons. The summed E-state index contributed by atoms with van der Waals surface area (Å²) in [4.78, 5) is -0.204. The molecule has 2 rings (SSSR count). The molecule has 0 amide bonds. The molecule has 0 unspecified atom stereocenters. The van der Waals surface area contributed by atoms with Crippen LogP contribution in [0.3, 0.4) is 0 Å². The van der Waals surface area contributed by atoms with Crippen LogP contribution in [-0.4, -0.2) is 8.42 Å². The third-order valence-corrected chi connectivity index (χ3v) is 4.61. The van der Waals surface area contributed by atoms with Gasteiger partial charge in [0.25, 0.3) is 10.0 Å². The fourth-order valence-corrected chi connectivity index (χ4v) is 3.34. The molecule has 7 heteroatoms. The normalized spacial score (nSPS) is 11.3. The number of nitrogens with one attached hydrogen (secondary N) is 1. The largest absolute Gasteiger partial charge is 0.399 e. The third kappa shape index (κ3) is 3.35. The topological polar surface area (TPSA) is 72.2 Å². The SMILES string of the molecule is Nc1cc(F)cc(S(=O)(=O)Nc2ccccc2I)c1. The van der Waals surface area contributed by atoms with E-state index in [1.807, 2.05) is 22.6 Å². The van der Waals surface area contributed by atoms with E-state index in [1.54, 1.807) is 24.3 Å². The Hall–Kier alpha value is -1.35. The van der Waals surface area contributed by atoms with Gasteiger partial charge in [-0.1, -0.05) is 12.1 Å². The van der Waals surface area contributed by atoms with Gasteiger partial charge in [-0.3, -0.25) is 4.72 Å². The van der Waals surface area contributed by atoms with Crippen molar-refractivity contribution in [2.45, 2.75) is 4.90 Å². The first-order valence-electron chi connectivity index (χ1n) is 5.22. The molecule has 0 radical (unpaired) electrons. The minimum atomic E-state index is -3.86. The Morgan fingerprint density at radius 3 is 2.47 bits per heavy atom. The first kappa shape index (κ1) is 14.1. The van der Waals surface area contributed by atoms with Crippen molar-refractivity contribution in [3.8, 4) is 0 Å². The van der Waals surface area contributed by atoms with Crippen molar-refractivity contribution < 1.29 is 12.8 Å². The summed E-state index contributed by atoms with van der Waals surface area (Å²) in [6, 6.07) is 10.1. The van der Waals surface area contributed by atoms with E-state index in [0.717, 1.165) is 15.7 Å². The van der Waals surface area contributed by atoms with Crippen LogP contribution in [0, 0.1) is 9.39 Å². The molecule has 19 heavy (non-hydrogen) atoms. The summed E-state index contributed by atoms with van der Waals surface area (Å²) < 4.78 is 40.6. The number of hydrogen-bond donors (Lipinski definition) is 2. The van der Waals surface area contributed by atoms with Crippen molar-refractivity contribution >= 4 is 44.0 Å². The van der Waals surface area contributed by atoms with Gasteiger partial charge in [-0.25, -0.2) is 12.8 Å². The Morgan fingerprint density at radius 1 is 1.16 bits per heavy atom. The number of halogens is 2. The number of nitrogens with two attached hydrogens (primary N) is 1. The Labute approximate surface area is 124 Å². The van der Waals surface area contributed by atoms with E-state index in [0.29, 0.717) is 5.69 Å². The smallest absolute Gasteiger partial charge is 0.262 e. The predicted octanol–water partition coefficient (Wildman–Crippen LogP) is 2.81. The van der Waals surface area contributed by atoms with Crippen molar-refractivity contribution in [3.63, 3.8) is 0 Å². The maximum atomic E-state index is 13.2. The standard InChI is InChI=1S/C12H10FIN2O2S/c13-8-5-9(15)7-10(6-8)19(17,18)16-12-4-2-1-3-11(12)14/h1-7,16H,15H2. The second-order valence-electron chi connectivity index (χ2n) is 3.81. The van der Waals surface area contributed by atoms with Gasteiger partial charge in [0.05, 0.1) is 10.6 Å². The van der Waals surface area contributed by atoms with E-state index >= 15 is 0 Å². The highest BCUT2D eigenvalue weighted by Gasteiger charge is 2.16. The zero-order valence-corrected chi connectivity index (χ0v) is 12.6. The molecule has 0 fully saturated rings. The summed E-state index contributed by atoms with van der Waals surface area (Å²) in [7, 11) is -3.86. The van der Waals surface area contributed by atoms with Gasteiger partial charge in [0.2, 0.25) is 0 Å². The van der Waals surface area contributed by atoms with Gasteiger partial charge in [-0.2, -0.15) is 0 Å². The lowest BCUT2D eigenvalue weighted by Gasteiger charge is -2.10. The number of hydrogen-bond acceptors (Lipinski definition) is 3.